The first-order valence-electron chi connectivity index (χ1n) is 4.62. The average molecular weight is 270 g/mol. The zero-order valence-electron chi connectivity index (χ0n) is 8.57. The first-order valence-corrected chi connectivity index (χ1v) is 5.81. The third-order valence-corrected chi connectivity index (χ3v) is 3.49. The Bertz CT molecular complexity index is 596. The van der Waals surface area contributed by atoms with Crippen molar-refractivity contribution in [1.29, 1.82) is 5.41 Å². The van der Waals surface area contributed by atoms with Crippen LogP contribution >= 0.6 is 22.9 Å². The number of pyridine rings is 1. The van der Waals surface area contributed by atoms with Crippen molar-refractivity contribution in [2.24, 2.45) is 5.73 Å². The Morgan fingerprint density at radius 3 is 3.06 bits per heavy atom. The third kappa shape index (κ3) is 2.54. The van der Waals surface area contributed by atoms with Crippen molar-refractivity contribution in [1.82, 2.24) is 4.98 Å². The Balaban J connectivity index is 2.27. The number of fused-ring (bicyclic) bond motifs is 1. The molecular weight excluding hydrogens is 262 g/mol. The van der Waals surface area contributed by atoms with E-state index in [0.29, 0.717) is 15.4 Å². The van der Waals surface area contributed by atoms with Crippen molar-refractivity contribution in [3.05, 3.63) is 28.2 Å². The van der Waals surface area contributed by atoms with Crippen LogP contribution in [0.25, 0.3) is 10.2 Å². The molecule has 0 radical (unpaired) electrons. The largest absolute Gasteiger partial charge is 0.453 e. The fourth-order valence-electron chi connectivity index (χ4n) is 1.22. The number of hydrogen-bond donors (Lipinski definition) is 2. The normalized spacial score (nSPS) is 10.4. The van der Waals surface area contributed by atoms with E-state index in [1.165, 1.54) is 11.3 Å². The maximum atomic E-state index is 11.6. The standard InChI is InChI=1S/C10H8ClN3O2S/c11-5-1-2-14-6-3-7(17-9(5)6)10(15)16-4-8(12)13/h1-3H,4H2,(H3,12,13). The van der Waals surface area contributed by atoms with Crippen LogP contribution in [-0.4, -0.2) is 23.4 Å². The van der Waals surface area contributed by atoms with Gasteiger partial charge in [-0.1, -0.05) is 11.6 Å². The van der Waals surface area contributed by atoms with E-state index in [1.807, 2.05) is 0 Å². The molecule has 0 unspecified atom stereocenters. The summed E-state index contributed by atoms with van der Waals surface area (Å²) in [5.41, 5.74) is 5.74. The third-order valence-electron chi connectivity index (χ3n) is 1.92. The lowest BCUT2D eigenvalue weighted by molar-refractivity contribution is 0.0567. The predicted octanol–water partition coefficient (Wildman–Crippen LogP) is 2.04. The molecule has 2 heterocycles. The molecule has 0 saturated heterocycles. The number of nitrogens with two attached hydrogens (primary N) is 1. The molecule has 2 rings (SSSR count). The fraction of sp³-hybridized carbons (Fsp3) is 0.100. The zero-order valence-corrected chi connectivity index (χ0v) is 10.1. The summed E-state index contributed by atoms with van der Waals surface area (Å²) in [7, 11) is 0. The number of thiophene rings is 1. The number of carbonyl (C=O) groups is 1. The van der Waals surface area contributed by atoms with E-state index in [-0.39, 0.29) is 12.4 Å². The van der Waals surface area contributed by atoms with Gasteiger partial charge in [0.1, 0.15) is 17.3 Å². The van der Waals surface area contributed by atoms with Crippen LogP contribution in [0.2, 0.25) is 5.02 Å². The second kappa shape index (κ2) is 4.68. The zero-order chi connectivity index (χ0) is 12.4. The molecule has 88 valence electrons. The Morgan fingerprint density at radius 1 is 1.65 bits per heavy atom. The molecule has 0 saturated carbocycles. The Morgan fingerprint density at radius 2 is 2.41 bits per heavy atom. The van der Waals surface area contributed by atoms with Crippen molar-refractivity contribution >= 4 is 45.0 Å². The molecule has 0 fully saturated rings. The maximum Gasteiger partial charge on any atom is 0.348 e. The molecule has 0 aliphatic heterocycles. The van der Waals surface area contributed by atoms with Crippen molar-refractivity contribution < 1.29 is 9.53 Å². The lowest BCUT2D eigenvalue weighted by atomic mass is 10.4. The van der Waals surface area contributed by atoms with Gasteiger partial charge in [-0.2, -0.15) is 0 Å². The molecule has 2 aromatic rings. The summed E-state index contributed by atoms with van der Waals surface area (Å²) >= 11 is 7.17. The highest BCUT2D eigenvalue weighted by atomic mass is 35.5. The van der Waals surface area contributed by atoms with Crippen LogP contribution in [0.15, 0.2) is 18.3 Å². The molecule has 0 spiro atoms. The van der Waals surface area contributed by atoms with Gasteiger partial charge in [-0.25, -0.2) is 4.79 Å². The van der Waals surface area contributed by atoms with E-state index in [2.05, 4.69) is 4.98 Å². The maximum absolute atomic E-state index is 11.6. The fourth-order valence-corrected chi connectivity index (χ4v) is 2.41. The quantitative estimate of drug-likeness (QED) is 0.507. The molecule has 0 amide bonds. The number of nitrogens with one attached hydrogen (secondary N) is 1. The molecule has 0 atom stereocenters. The van der Waals surface area contributed by atoms with Gasteiger partial charge in [0.05, 0.1) is 15.2 Å². The van der Waals surface area contributed by atoms with Gasteiger partial charge in [0.25, 0.3) is 0 Å². The number of amidine groups is 1. The summed E-state index contributed by atoms with van der Waals surface area (Å²) in [4.78, 5) is 16.1. The monoisotopic (exact) mass is 269 g/mol. The number of hydrogen-bond acceptors (Lipinski definition) is 5. The van der Waals surface area contributed by atoms with Crippen LogP contribution < -0.4 is 5.73 Å². The number of ether oxygens (including phenoxy) is 1. The molecule has 0 bridgehead atoms. The van der Waals surface area contributed by atoms with Crippen molar-refractivity contribution in [2.75, 3.05) is 6.61 Å². The smallest absolute Gasteiger partial charge is 0.348 e. The van der Waals surface area contributed by atoms with Crippen LogP contribution in [0.3, 0.4) is 0 Å². The van der Waals surface area contributed by atoms with Gasteiger partial charge in [0, 0.05) is 6.20 Å². The second-order valence-corrected chi connectivity index (χ2v) is 4.68. The molecule has 0 aliphatic rings. The van der Waals surface area contributed by atoms with Crippen molar-refractivity contribution in [2.45, 2.75) is 0 Å². The van der Waals surface area contributed by atoms with Crippen molar-refractivity contribution in [3.63, 3.8) is 0 Å². The first kappa shape index (κ1) is 11.8. The molecule has 5 nitrogen and oxygen atoms in total. The van der Waals surface area contributed by atoms with E-state index in [9.17, 15) is 4.79 Å². The molecular formula is C10H8ClN3O2S. The van der Waals surface area contributed by atoms with E-state index >= 15 is 0 Å². The Kier molecular flexibility index (Phi) is 3.26. The van der Waals surface area contributed by atoms with Gasteiger partial charge in [0.2, 0.25) is 0 Å². The number of rotatable bonds is 3. The summed E-state index contributed by atoms with van der Waals surface area (Å²) in [6.07, 6.45) is 1.57. The minimum Gasteiger partial charge on any atom is -0.453 e. The summed E-state index contributed by atoms with van der Waals surface area (Å²) in [5, 5.41) is 7.51. The first-order chi connectivity index (χ1) is 8.08. The second-order valence-electron chi connectivity index (χ2n) is 3.22. The van der Waals surface area contributed by atoms with Gasteiger partial charge in [-0.05, 0) is 12.1 Å². The number of carbonyl (C=O) groups excluding carboxylic acids is 1. The highest BCUT2D eigenvalue weighted by Gasteiger charge is 2.14. The van der Waals surface area contributed by atoms with Gasteiger partial charge in [-0.15, -0.1) is 11.3 Å². The molecule has 2 aromatic heterocycles. The van der Waals surface area contributed by atoms with Gasteiger partial charge in [-0.3, -0.25) is 10.4 Å². The molecule has 17 heavy (non-hydrogen) atoms. The van der Waals surface area contributed by atoms with Gasteiger partial charge in [0.15, 0.2) is 0 Å². The van der Waals surface area contributed by atoms with E-state index < -0.39 is 5.97 Å². The Hall–Kier alpha value is -1.66. The Labute approximate surface area is 106 Å². The number of aromatic nitrogens is 1. The van der Waals surface area contributed by atoms with Gasteiger partial charge < -0.3 is 10.5 Å². The molecule has 7 heteroatoms. The topological polar surface area (TPSA) is 89.1 Å². The lowest BCUT2D eigenvalue weighted by Crippen LogP contribution is -2.19. The van der Waals surface area contributed by atoms with Crippen LogP contribution in [0.5, 0.6) is 0 Å². The summed E-state index contributed by atoms with van der Waals surface area (Å²) in [6.45, 7) is -0.214. The van der Waals surface area contributed by atoms with Gasteiger partial charge >= 0.3 is 5.97 Å². The molecule has 3 N–H and O–H groups in total. The highest BCUT2D eigenvalue weighted by molar-refractivity contribution is 7.21. The van der Waals surface area contributed by atoms with Crippen LogP contribution in [0, 0.1) is 5.41 Å². The molecule has 0 aromatic carbocycles. The number of esters is 1. The summed E-state index contributed by atoms with van der Waals surface area (Å²) < 4.78 is 5.55. The number of halogens is 1. The lowest BCUT2D eigenvalue weighted by Gasteiger charge is -1.99. The number of nitrogens with zero attached hydrogens (tertiary/aromatic N) is 1. The summed E-state index contributed by atoms with van der Waals surface area (Å²) in [5.74, 6) is -0.727. The van der Waals surface area contributed by atoms with Crippen LogP contribution in [0.4, 0.5) is 0 Å². The average Bonchev–Trinajstić information content (AvgIpc) is 2.71. The minimum absolute atomic E-state index is 0.199. The van der Waals surface area contributed by atoms with E-state index in [1.54, 1.807) is 18.3 Å². The van der Waals surface area contributed by atoms with Crippen LogP contribution in [-0.2, 0) is 4.74 Å². The molecule has 0 aliphatic carbocycles. The van der Waals surface area contributed by atoms with E-state index in [0.717, 1.165) is 4.70 Å². The van der Waals surface area contributed by atoms with Crippen molar-refractivity contribution in [3.8, 4) is 0 Å². The SMILES string of the molecule is N=C(N)COC(=O)c1cc2nccc(Cl)c2s1. The van der Waals surface area contributed by atoms with E-state index in [4.69, 9.17) is 27.5 Å². The minimum atomic E-state index is -0.528. The highest BCUT2D eigenvalue weighted by Crippen LogP contribution is 2.30. The summed E-state index contributed by atoms with van der Waals surface area (Å²) in [6, 6.07) is 3.26. The predicted molar refractivity (Wildman–Crippen MR) is 66.8 cm³/mol. The van der Waals surface area contributed by atoms with Crippen LogP contribution in [0.1, 0.15) is 9.67 Å².